The van der Waals surface area contributed by atoms with E-state index < -0.39 is 0 Å². The van der Waals surface area contributed by atoms with Crippen molar-refractivity contribution in [3.8, 4) is 11.3 Å². The van der Waals surface area contributed by atoms with E-state index in [1.165, 1.54) is 0 Å². The molecule has 4 heterocycles. The van der Waals surface area contributed by atoms with Gasteiger partial charge in [-0.25, -0.2) is 15.0 Å². The van der Waals surface area contributed by atoms with Crippen LogP contribution in [0.1, 0.15) is 36.8 Å². The lowest BCUT2D eigenvalue weighted by molar-refractivity contribution is 0.803. The molecule has 0 saturated carbocycles. The van der Waals surface area contributed by atoms with Gasteiger partial charge in [0.15, 0.2) is 0 Å². The highest BCUT2D eigenvalue weighted by Gasteiger charge is 2.13. The van der Waals surface area contributed by atoms with Crippen molar-refractivity contribution in [2.24, 2.45) is 0 Å². The molecule has 0 amide bonds. The van der Waals surface area contributed by atoms with Crippen LogP contribution in [0.25, 0.3) is 22.3 Å². The molecule has 0 atom stereocenters. The maximum Gasteiger partial charge on any atom is 0.140 e. The Kier molecular flexibility index (Phi) is 4.54. The first-order chi connectivity index (χ1) is 13.1. The van der Waals surface area contributed by atoms with Crippen molar-refractivity contribution in [2.75, 3.05) is 5.32 Å². The smallest absolute Gasteiger partial charge is 0.140 e. The molecule has 0 fully saturated rings. The average Bonchev–Trinajstić information content (AvgIpc) is 3.14. The predicted molar refractivity (Wildman–Crippen MR) is 108 cm³/mol. The molecule has 0 aliphatic carbocycles. The SMILES string of the molecule is Cc1nc(-c2cc(NCc3ccncc3)nc3[nH]ccc23)cc(C(C)C)n1. The second kappa shape index (κ2) is 7.15. The molecule has 4 aromatic rings. The Morgan fingerprint density at radius 2 is 1.85 bits per heavy atom. The maximum absolute atomic E-state index is 4.69. The normalized spacial score (nSPS) is 11.3. The Hall–Kier alpha value is -3.28. The van der Waals surface area contributed by atoms with E-state index in [9.17, 15) is 0 Å². The number of anilines is 1. The van der Waals surface area contributed by atoms with E-state index in [4.69, 9.17) is 4.98 Å². The summed E-state index contributed by atoms with van der Waals surface area (Å²) in [6, 6.07) is 10.2. The van der Waals surface area contributed by atoms with Crippen LogP contribution in [0.3, 0.4) is 0 Å². The fourth-order valence-electron chi connectivity index (χ4n) is 3.06. The second-order valence-electron chi connectivity index (χ2n) is 6.88. The fourth-order valence-corrected chi connectivity index (χ4v) is 3.06. The van der Waals surface area contributed by atoms with E-state index in [0.29, 0.717) is 12.5 Å². The second-order valence-corrected chi connectivity index (χ2v) is 6.88. The number of aryl methyl sites for hydroxylation is 1. The van der Waals surface area contributed by atoms with E-state index in [-0.39, 0.29) is 0 Å². The highest BCUT2D eigenvalue weighted by Crippen LogP contribution is 2.30. The molecule has 4 aromatic heterocycles. The summed E-state index contributed by atoms with van der Waals surface area (Å²) in [5.74, 6) is 1.93. The summed E-state index contributed by atoms with van der Waals surface area (Å²) >= 11 is 0. The average molecular weight is 358 g/mol. The molecule has 0 spiro atoms. The topological polar surface area (TPSA) is 79.4 Å². The van der Waals surface area contributed by atoms with Crippen LogP contribution in [-0.4, -0.2) is 24.9 Å². The molecule has 0 aromatic carbocycles. The van der Waals surface area contributed by atoms with Gasteiger partial charge in [-0.15, -0.1) is 0 Å². The summed E-state index contributed by atoms with van der Waals surface area (Å²) in [6.07, 6.45) is 5.49. The van der Waals surface area contributed by atoms with Gasteiger partial charge in [0.2, 0.25) is 0 Å². The summed E-state index contributed by atoms with van der Waals surface area (Å²) in [7, 11) is 0. The minimum absolute atomic E-state index is 0.346. The van der Waals surface area contributed by atoms with Crippen molar-refractivity contribution < 1.29 is 0 Å². The number of aromatic amines is 1. The zero-order chi connectivity index (χ0) is 18.8. The summed E-state index contributed by atoms with van der Waals surface area (Å²) in [5, 5.41) is 4.46. The van der Waals surface area contributed by atoms with Crippen LogP contribution in [-0.2, 0) is 6.54 Å². The van der Waals surface area contributed by atoms with Crippen LogP contribution in [0.4, 0.5) is 5.82 Å². The summed E-state index contributed by atoms with van der Waals surface area (Å²) in [5.41, 5.74) is 5.01. The summed E-state index contributed by atoms with van der Waals surface area (Å²) in [6.45, 7) is 6.91. The lowest BCUT2D eigenvalue weighted by Crippen LogP contribution is -2.03. The van der Waals surface area contributed by atoms with Gasteiger partial charge in [0.25, 0.3) is 0 Å². The molecule has 0 unspecified atom stereocenters. The molecule has 0 radical (unpaired) electrons. The maximum atomic E-state index is 4.69. The number of hydrogen-bond acceptors (Lipinski definition) is 5. The number of rotatable bonds is 5. The molecular weight excluding hydrogens is 336 g/mol. The van der Waals surface area contributed by atoms with Crippen LogP contribution in [0.15, 0.2) is 48.9 Å². The van der Waals surface area contributed by atoms with Crippen LogP contribution in [0.2, 0.25) is 0 Å². The van der Waals surface area contributed by atoms with E-state index in [0.717, 1.165) is 45.2 Å². The van der Waals surface area contributed by atoms with E-state index in [1.807, 2.05) is 31.3 Å². The first kappa shape index (κ1) is 17.1. The first-order valence-electron chi connectivity index (χ1n) is 9.07. The molecule has 2 N–H and O–H groups in total. The molecule has 6 nitrogen and oxygen atoms in total. The molecule has 0 aliphatic rings. The molecule has 136 valence electrons. The third-order valence-electron chi connectivity index (χ3n) is 4.48. The Morgan fingerprint density at radius 3 is 2.63 bits per heavy atom. The highest BCUT2D eigenvalue weighted by atomic mass is 15.0. The highest BCUT2D eigenvalue weighted by molar-refractivity contribution is 5.93. The molecule has 0 aliphatic heterocycles. The Balaban J connectivity index is 1.75. The monoisotopic (exact) mass is 358 g/mol. The van der Waals surface area contributed by atoms with Crippen LogP contribution in [0, 0.1) is 6.92 Å². The van der Waals surface area contributed by atoms with Crippen molar-refractivity contribution in [3.63, 3.8) is 0 Å². The number of fused-ring (bicyclic) bond motifs is 1. The summed E-state index contributed by atoms with van der Waals surface area (Å²) < 4.78 is 0. The Morgan fingerprint density at radius 1 is 1.04 bits per heavy atom. The standard InChI is InChI=1S/C21H22N6/c1-13(2)18-11-19(26-14(3)25-18)17-10-20(27-21-16(17)6-9-23-21)24-12-15-4-7-22-8-5-15/h4-11,13H,12H2,1-3H3,(H2,23,24,27). The molecule has 27 heavy (non-hydrogen) atoms. The number of H-pyrrole nitrogens is 1. The molecule has 0 saturated heterocycles. The lowest BCUT2D eigenvalue weighted by Gasteiger charge is -2.12. The van der Waals surface area contributed by atoms with Gasteiger partial charge in [0.05, 0.1) is 5.69 Å². The van der Waals surface area contributed by atoms with E-state index >= 15 is 0 Å². The third kappa shape index (κ3) is 3.65. The van der Waals surface area contributed by atoms with Gasteiger partial charge in [0, 0.05) is 41.8 Å². The van der Waals surface area contributed by atoms with Crippen molar-refractivity contribution in [1.29, 1.82) is 0 Å². The van der Waals surface area contributed by atoms with Gasteiger partial charge < -0.3 is 10.3 Å². The van der Waals surface area contributed by atoms with E-state index in [1.54, 1.807) is 12.4 Å². The summed E-state index contributed by atoms with van der Waals surface area (Å²) in [4.78, 5) is 21.2. The zero-order valence-electron chi connectivity index (χ0n) is 15.7. The van der Waals surface area contributed by atoms with Gasteiger partial charge >= 0.3 is 0 Å². The van der Waals surface area contributed by atoms with Crippen molar-refractivity contribution in [2.45, 2.75) is 33.2 Å². The molecule has 0 bridgehead atoms. The number of aromatic nitrogens is 5. The quantitative estimate of drug-likeness (QED) is 0.551. The van der Waals surface area contributed by atoms with Crippen molar-refractivity contribution >= 4 is 16.9 Å². The number of hydrogen-bond donors (Lipinski definition) is 2. The van der Waals surface area contributed by atoms with Gasteiger partial charge in [-0.05, 0) is 48.7 Å². The van der Waals surface area contributed by atoms with Crippen molar-refractivity contribution in [1.82, 2.24) is 24.9 Å². The zero-order valence-corrected chi connectivity index (χ0v) is 15.7. The number of nitrogens with zero attached hydrogens (tertiary/aromatic N) is 4. The predicted octanol–water partition coefficient (Wildman–Crippen LogP) is 4.46. The van der Waals surface area contributed by atoms with Gasteiger partial charge in [-0.2, -0.15) is 0 Å². The Labute approximate surface area is 158 Å². The van der Waals surface area contributed by atoms with Crippen LogP contribution < -0.4 is 5.32 Å². The fraction of sp³-hybridized carbons (Fsp3) is 0.238. The minimum atomic E-state index is 0.346. The molecule has 4 rings (SSSR count). The third-order valence-corrected chi connectivity index (χ3v) is 4.48. The molecule has 6 heteroatoms. The minimum Gasteiger partial charge on any atom is -0.366 e. The Bertz CT molecular complexity index is 1070. The first-order valence-corrected chi connectivity index (χ1v) is 9.07. The van der Waals surface area contributed by atoms with E-state index in [2.05, 4.69) is 51.2 Å². The van der Waals surface area contributed by atoms with Crippen molar-refractivity contribution in [3.05, 3.63) is 66.0 Å². The van der Waals surface area contributed by atoms with Crippen LogP contribution in [0.5, 0.6) is 0 Å². The van der Waals surface area contributed by atoms with Gasteiger partial charge in [0.1, 0.15) is 17.3 Å². The number of pyridine rings is 2. The molecular formula is C21H22N6. The lowest BCUT2D eigenvalue weighted by atomic mass is 10.0. The van der Waals surface area contributed by atoms with Gasteiger partial charge in [-0.1, -0.05) is 13.8 Å². The largest absolute Gasteiger partial charge is 0.366 e. The van der Waals surface area contributed by atoms with Crippen LogP contribution >= 0.6 is 0 Å². The number of nitrogens with one attached hydrogen (secondary N) is 2. The van der Waals surface area contributed by atoms with Gasteiger partial charge in [-0.3, -0.25) is 4.98 Å².